The normalized spacial score (nSPS) is 11.6. The largest absolute Gasteiger partial charge is 0.418 e. The first-order valence-electron chi connectivity index (χ1n) is 5.21. The molecule has 0 bridgehead atoms. The second-order valence-electron chi connectivity index (χ2n) is 3.71. The third kappa shape index (κ3) is 2.61. The van der Waals surface area contributed by atoms with E-state index in [0.717, 1.165) is 11.9 Å². The molecule has 18 heavy (non-hydrogen) atoms. The van der Waals surface area contributed by atoms with E-state index < -0.39 is 11.7 Å². The first kappa shape index (κ1) is 12.4. The van der Waals surface area contributed by atoms with Gasteiger partial charge in [-0.05, 0) is 11.6 Å². The molecule has 0 aliphatic heterocycles. The van der Waals surface area contributed by atoms with E-state index >= 15 is 0 Å². The molecule has 0 spiro atoms. The zero-order valence-corrected chi connectivity index (χ0v) is 9.57. The van der Waals surface area contributed by atoms with Crippen LogP contribution in [-0.4, -0.2) is 21.8 Å². The Morgan fingerprint density at radius 1 is 1.33 bits per heavy atom. The van der Waals surface area contributed by atoms with E-state index in [1.165, 1.54) is 16.9 Å². The van der Waals surface area contributed by atoms with E-state index in [2.05, 4.69) is 15.4 Å². The van der Waals surface area contributed by atoms with Crippen molar-refractivity contribution >= 4 is 5.69 Å². The van der Waals surface area contributed by atoms with E-state index in [9.17, 15) is 13.2 Å². The number of rotatable bonds is 3. The Morgan fingerprint density at radius 3 is 2.72 bits per heavy atom. The number of halogens is 3. The molecular weight excluding hydrogens is 245 g/mol. The zero-order valence-electron chi connectivity index (χ0n) is 9.57. The molecular formula is C11H11F3N4. The van der Waals surface area contributed by atoms with Crippen LogP contribution < -0.4 is 5.32 Å². The van der Waals surface area contributed by atoms with Gasteiger partial charge in [0.15, 0.2) is 0 Å². The summed E-state index contributed by atoms with van der Waals surface area (Å²) in [6, 6.07) is 1.35. The molecule has 0 unspecified atom stereocenters. The lowest BCUT2D eigenvalue weighted by atomic mass is 10.1. The summed E-state index contributed by atoms with van der Waals surface area (Å²) in [5.41, 5.74) is 0.160. The van der Waals surface area contributed by atoms with Crippen LogP contribution in [0.5, 0.6) is 0 Å². The van der Waals surface area contributed by atoms with Crippen LogP contribution in [0.15, 0.2) is 30.9 Å². The number of nitrogens with one attached hydrogen (secondary N) is 1. The number of nitrogens with zero attached hydrogens (tertiary/aromatic N) is 3. The minimum atomic E-state index is -4.40. The maximum atomic E-state index is 12.7. The molecule has 7 heteroatoms. The lowest BCUT2D eigenvalue weighted by molar-refractivity contribution is -0.138. The van der Waals surface area contributed by atoms with E-state index in [-0.39, 0.29) is 12.1 Å². The summed E-state index contributed by atoms with van der Waals surface area (Å²) >= 11 is 0. The Kier molecular flexibility index (Phi) is 3.22. The number of aromatic nitrogens is 3. The van der Waals surface area contributed by atoms with Gasteiger partial charge >= 0.3 is 6.18 Å². The van der Waals surface area contributed by atoms with Crippen LogP contribution in [0.25, 0.3) is 0 Å². The Labute approximate surface area is 101 Å². The topological polar surface area (TPSA) is 42.7 Å². The molecule has 2 rings (SSSR count). The van der Waals surface area contributed by atoms with Crippen LogP contribution in [0.1, 0.15) is 11.1 Å². The van der Waals surface area contributed by atoms with Crippen molar-refractivity contribution in [1.82, 2.24) is 14.8 Å². The van der Waals surface area contributed by atoms with Crippen LogP contribution in [0, 0.1) is 0 Å². The summed E-state index contributed by atoms with van der Waals surface area (Å²) in [5.74, 6) is 0. The van der Waals surface area contributed by atoms with Crippen LogP contribution >= 0.6 is 0 Å². The van der Waals surface area contributed by atoms with Crippen molar-refractivity contribution in [3.8, 4) is 0 Å². The van der Waals surface area contributed by atoms with Crippen molar-refractivity contribution in [2.24, 2.45) is 0 Å². The molecule has 0 aliphatic rings. The van der Waals surface area contributed by atoms with Crippen molar-refractivity contribution in [3.63, 3.8) is 0 Å². The van der Waals surface area contributed by atoms with Crippen molar-refractivity contribution in [3.05, 3.63) is 42.0 Å². The Morgan fingerprint density at radius 2 is 2.11 bits per heavy atom. The minimum Gasteiger partial charge on any atom is -0.386 e. The Balaban J connectivity index is 2.29. The summed E-state index contributed by atoms with van der Waals surface area (Å²) in [6.07, 6.45) is 0.961. The van der Waals surface area contributed by atoms with Gasteiger partial charge in [-0.25, -0.2) is 0 Å². The molecule has 4 nitrogen and oxygen atoms in total. The van der Waals surface area contributed by atoms with Gasteiger partial charge in [0.2, 0.25) is 0 Å². The number of pyridine rings is 1. The average Bonchev–Trinajstić information content (AvgIpc) is 2.76. The van der Waals surface area contributed by atoms with Gasteiger partial charge in [0.1, 0.15) is 0 Å². The Hall–Kier alpha value is -2.05. The summed E-state index contributed by atoms with van der Waals surface area (Å²) in [5, 5.41) is 6.83. The lowest BCUT2D eigenvalue weighted by Gasteiger charge is -2.11. The van der Waals surface area contributed by atoms with Crippen molar-refractivity contribution in [2.45, 2.75) is 12.7 Å². The molecule has 0 radical (unpaired) electrons. The molecule has 96 valence electrons. The van der Waals surface area contributed by atoms with Gasteiger partial charge in [0.05, 0.1) is 24.0 Å². The van der Waals surface area contributed by atoms with Crippen molar-refractivity contribution in [2.75, 3.05) is 12.4 Å². The van der Waals surface area contributed by atoms with Gasteiger partial charge in [-0.15, -0.1) is 0 Å². The smallest absolute Gasteiger partial charge is 0.386 e. The number of hydrogen-bond donors (Lipinski definition) is 1. The molecule has 0 atom stereocenters. The van der Waals surface area contributed by atoms with Crippen LogP contribution in [0.3, 0.4) is 0 Å². The quantitative estimate of drug-likeness (QED) is 0.916. The van der Waals surface area contributed by atoms with Gasteiger partial charge in [-0.1, -0.05) is 0 Å². The molecule has 0 saturated carbocycles. The highest BCUT2D eigenvalue weighted by Crippen LogP contribution is 2.31. The van der Waals surface area contributed by atoms with Gasteiger partial charge < -0.3 is 5.32 Å². The molecule has 1 N–H and O–H groups in total. The molecule has 0 amide bonds. The van der Waals surface area contributed by atoms with Crippen LogP contribution in [0.2, 0.25) is 0 Å². The highest BCUT2D eigenvalue weighted by molar-refractivity contribution is 5.37. The fourth-order valence-electron chi connectivity index (χ4n) is 1.57. The average molecular weight is 256 g/mol. The molecule has 0 fully saturated rings. The molecule has 2 aromatic rings. The number of alkyl halides is 3. The van der Waals surface area contributed by atoms with Gasteiger partial charge in [0.25, 0.3) is 0 Å². The standard InChI is InChI=1S/C11H11F3N4/c1-15-9-4-17-18(7-9)6-8-2-3-16-5-10(8)11(12,13)14/h2-5,7,15H,6H2,1H3. The Bertz CT molecular complexity index is 533. The van der Waals surface area contributed by atoms with E-state index in [1.807, 2.05) is 0 Å². The van der Waals surface area contributed by atoms with E-state index in [0.29, 0.717) is 0 Å². The number of hydrogen-bond acceptors (Lipinski definition) is 3. The summed E-state index contributed by atoms with van der Waals surface area (Å²) in [7, 11) is 1.72. The van der Waals surface area contributed by atoms with Gasteiger partial charge in [0, 0.05) is 25.6 Å². The SMILES string of the molecule is CNc1cnn(Cc2ccncc2C(F)(F)F)c1. The van der Waals surface area contributed by atoms with Crippen LogP contribution in [-0.2, 0) is 12.7 Å². The lowest BCUT2D eigenvalue weighted by Crippen LogP contribution is -2.12. The second kappa shape index (κ2) is 4.67. The summed E-state index contributed by atoms with van der Waals surface area (Å²) in [6.45, 7) is 0.0546. The second-order valence-corrected chi connectivity index (χ2v) is 3.71. The number of anilines is 1. The van der Waals surface area contributed by atoms with E-state index in [4.69, 9.17) is 0 Å². The first-order chi connectivity index (χ1) is 8.50. The monoisotopic (exact) mass is 256 g/mol. The van der Waals surface area contributed by atoms with Gasteiger partial charge in [-0.2, -0.15) is 18.3 Å². The molecule has 2 heterocycles. The fourth-order valence-corrected chi connectivity index (χ4v) is 1.57. The highest BCUT2D eigenvalue weighted by Gasteiger charge is 2.33. The third-order valence-electron chi connectivity index (χ3n) is 2.47. The van der Waals surface area contributed by atoms with Crippen molar-refractivity contribution in [1.29, 1.82) is 0 Å². The first-order valence-corrected chi connectivity index (χ1v) is 5.21. The molecule has 0 saturated heterocycles. The molecule has 0 aliphatic carbocycles. The van der Waals surface area contributed by atoms with E-state index in [1.54, 1.807) is 19.4 Å². The van der Waals surface area contributed by atoms with Crippen molar-refractivity contribution < 1.29 is 13.2 Å². The fraction of sp³-hybridized carbons (Fsp3) is 0.273. The van der Waals surface area contributed by atoms with Gasteiger partial charge in [-0.3, -0.25) is 9.67 Å². The predicted octanol–water partition coefficient (Wildman–Crippen LogP) is 2.39. The molecule has 2 aromatic heterocycles. The predicted molar refractivity (Wildman–Crippen MR) is 60.1 cm³/mol. The third-order valence-corrected chi connectivity index (χ3v) is 2.47. The minimum absolute atomic E-state index is 0.0546. The highest BCUT2D eigenvalue weighted by atomic mass is 19.4. The maximum absolute atomic E-state index is 12.7. The molecule has 0 aromatic carbocycles. The zero-order chi connectivity index (χ0) is 13.2. The summed E-state index contributed by atoms with van der Waals surface area (Å²) < 4.78 is 39.7. The van der Waals surface area contributed by atoms with Crippen LogP contribution in [0.4, 0.5) is 18.9 Å². The summed E-state index contributed by atoms with van der Waals surface area (Å²) in [4.78, 5) is 3.51. The maximum Gasteiger partial charge on any atom is 0.418 e.